The Balaban J connectivity index is 1.37. The molecule has 2 fully saturated rings. The smallest absolute Gasteiger partial charge is 0.245 e. The lowest BCUT2D eigenvalue weighted by molar-refractivity contribution is -0.151. The second-order valence-corrected chi connectivity index (χ2v) is 10.7. The number of likely N-dealkylation sites (tertiary alicyclic amines) is 2. The minimum atomic E-state index is -1.09. The number of piperidine rings is 1. The minimum Gasteiger partial charge on any atom is -0.368 e. The number of primary amides is 1. The van der Waals surface area contributed by atoms with Gasteiger partial charge in [0, 0.05) is 43.4 Å². The van der Waals surface area contributed by atoms with Crippen LogP contribution < -0.4 is 11.5 Å². The summed E-state index contributed by atoms with van der Waals surface area (Å²) < 4.78 is 2.35. The number of aryl methyl sites for hydroxylation is 2. The van der Waals surface area contributed by atoms with Crippen LogP contribution in [-0.4, -0.2) is 87.2 Å². The van der Waals surface area contributed by atoms with Gasteiger partial charge < -0.3 is 30.7 Å². The average Bonchev–Trinajstić information content (AvgIpc) is 3.53. The molecule has 2 aliphatic rings. The molecule has 39 heavy (non-hydrogen) atoms. The Hall–Kier alpha value is -3.40. The van der Waals surface area contributed by atoms with Crippen LogP contribution >= 0.6 is 0 Å². The van der Waals surface area contributed by atoms with E-state index in [9.17, 15) is 19.2 Å². The van der Waals surface area contributed by atoms with Crippen molar-refractivity contribution in [2.24, 2.45) is 11.5 Å². The molecule has 2 aliphatic heterocycles. The number of likely N-dealkylation sites (N-methyl/N-ethyl adjacent to an activating group) is 1. The summed E-state index contributed by atoms with van der Waals surface area (Å²) in [5.74, 6) is -1.38. The van der Waals surface area contributed by atoms with Gasteiger partial charge in [-0.15, -0.1) is 0 Å². The van der Waals surface area contributed by atoms with Crippen molar-refractivity contribution in [3.63, 3.8) is 0 Å². The molecule has 0 radical (unpaired) electrons. The maximum absolute atomic E-state index is 13.4. The first-order chi connectivity index (χ1) is 18.7. The van der Waals surface area contributed by atoms with E-state index in [-0.39, 0.29) is 36.7 Å². The molecule has 4 rings (SSSR count). The fraction of sp³-hybridized carbons (Fsp3) is 0.586. The zero-order chi connectivity index (χ0) is 28.1. The molecule has 4 N–H and O–H groups in total. The Morgan fingerprint density at radius 3 is 2.56 bits per heavy atom. The molecule has 212 valence electrons. The quantitative estimate of drug-likeness (QED) is 0.448. The van der Waals surface area contributed by atoms with Gasteiger partial charge in [-0.3, -0.25) is 19.2 Å². The van der Waals surface area contributed by atoms with Crippen molar-refractivity contribution in [2.45, 2.75) is 83.5 Å². The van der Waals surface area contributed by atoms with Gasteiger partial charge in [-0.1, -0.05) is 18.2 Å². The van der Waals surface area contributed by atoms with E-state index >= 15 is 0 Å². The highest BCUT2D eigenvalue weighted by molar-refractivity contribution is 5.93. The molecular weight excluding hydrogens is 496 g/mol. The molecular formula is C29H42N6O4. The Morgan fingerprint density at radius 2 is 1.85 bits per heavy atom. The highest BCUT2D eigenvalue weighted by atomic mass is 16.2. The van der Waals surface area contributed by atoms with Gasteiger partial charge in [-0.05, 0) is 69.9 Å². The summed E-state index contributed by atoms with van der Waals surface area (Å²) >= 11 is 0. The van der Waals surface area contributed by atoms with Crippen molar-refractivity contribution in [1.29, 1.82) is 0 Å². The minimum absolute atomic E-state index is 0.0214. The van der Waals surface area contributed by atoms with Gasteiger partial charge in [0.2, 0.25) is 23.6 Å². The Bertz CT molecular complexity index is 1210. The number of aromatic nitrogens is 1. The number of nitrogens with zero attached hydrogens (tertiary/aromatic N) is 4. The first-order valence-corrected chi connectivity index (χ1v) is 14.2. The predicted octanol–water partition coefficient (Wildman–Crippen LogP) is 1.63. The molecule has 4 amide bonds. The summed E-state index contributed by atoms with van der Waals surface area (Å²) in [6, 6.07) is 9.07. The number of rotatable bonds is 11. The molecule has 0 aliphatic carbocycles. The van der Waals surface area contributed by atoms with Crippen LogP contribution in [0, 0.1) is 0 Å². The van der Waals surface area contributed by atoms with Crippen molar-refractivity contribution < 1.29 is 19.2 Å². The van der Waals surface area contributed by atoms with Crippen LogP contribution in [0.15, 0.2) is 30.3 Å². The third-order valence-electron chi connectivity index (χ3n) is 8.27. The number of benzene rings is 1. The zero-order valence-electron chi connectivity index (χ0n) is 23.2. The summed E-state index contributed by atoms with van der Waals surface area (Å²) in [5.41, 5.74) is 13.4. The summed E-state index contributed by atoms with van der Waals surface area (Å²) in [4.78, 5) is 55.9. The van der Waals surface area contributed by atoms with E-state index in [0.717, 1.165) is 32.2 Å². The van der Waals surface area contributed by atoms with Crippen molar-refractivity contribution >= 4 is 34.5 Å². The molecule has 0 bridgehead atoms. The molecule has 0 spiro atoms. The second kappa shape index (κ2) is 12.6. The SMILES string of the molecule is CCN(C(=O)C[C@H](N)C(N)=O)[C@@H]1CCCN(CC(=O)N2CCC[C@H]2CCc2cc3ccccc3n2CC)C1=O. The Morgan fingerprint density at radius 1 is 1.10 bits per heavy atom. The lowest BCUT2D eigenvalue weighted by Gasteiger charge is -2.39. The van der Waals surface area contributed by atoms with E-state index in [1.807, 2.05) is 4.90 Å². The largest absolute Gasteiger partial charge is 0.368 e. The number of nitrogens with two attached hydrogens (primary N) is 2. The topological polar surface area (TPSA) is 135 Å². The molecule has 0 unspecified atom stereocenters. The average molecular weight is 539 g/mol. The van der Waals surface area contributed by atoms with Gasteiger partial charge in [0.25, 0.3) is 0 Å². The molecule has 3 heterocycles. The number of fused-ring (bicyclic) bond motifs is 1. The van der Waals surface area contributed by atoms with Crippen LogP contribution in [0.4, 0.5) is 0 Å². The van der Waals surface area contributed by atoms with E-state index in [2.05, 4.69) is 41.8 Å². The number of carbonyl (C=O) groups is 4. The fourth-order valence-electron chi connectivity index (χ4n) is 6.22. The zero-order valence-corrected chi connectivity index (χ0v) is 23.2. The van der Waals surface area contributed by atoms with Crippen LogP contribution in [0.2, 0.25) is 0 Å². The van der Waals surface area contributed by atoms with Crippen LogP contribution in [-0.2, 0) is 32.1 Å². The molecule has 1 aromatic carbocycles. The van der Waals surface area contributed by atoms with Gasteiger partial charge in [0.1, 0.15) is 6.04 Å². The molecule has 10 heteroatoms. The number of amides is 4. The molecule has 2 aromatic rings. The van der Waals surface area contributed by atoms with Crippen LogP contribution in [0.3, 0.4) is 0 Å². The normalized spacial score (nSPS) is 20.4. The van der Waals surface area contributed by atoms with E-state index in [1.165, 1.54) is 21.5 Å². The van der Waals surface area contributed by atoms with Crippen LogP contribution in [0.5, 0.6) is 0 Å². The van der Waals surface area contributed by atoms with E-state index in [0.29, 0.717) is 32.5 Å². The molecule has 0 saturated carbocycles. The Kier molecular flexibility index (Phi) is 9.27. The van der Waals surface area contributed by atoms with Crippen molar-refractivity contribution in [2.75, 3.05) is 26.2 Å². The van der Waals surface area contributed by atoms with Crippen LogP contribution in [0.25, 0.3) is 10.9 Å². The summed E-state index contributed by atoms with van der Waals surface area (Å²) in [5, 5.41) is 1.24. The lowest BCUT2D eigenvalue weighted by atomic mass is 10.0. The highest BCUT2D eigenvalue weighted by Crippen LogP contribution is 2.26. The number of para-hydroxylation sites is 1. The summed E-state index contributed by atoms with van der Waals surface area (Å²) in [7, 11) is 0. The maximum atomic E-state index is 13.4. The van der Waals surface area contributed by atoms with Gasteiger partial charge in [0.15, 0.2) is 0 Å². The molecule has 1 aromatic heterocycles. The number of hydrogen-bond donors (Lipinski definition) is 2. The van der Waals surface area contributed by atoms with Gasteiger partial charge in [-0.25, -0.2) is 0 Å². The third kappa shape index (κ3) is 6.27. The fourth-order valence-corrected chi connectivity index (χ4v) is 6.22. The van der Waals surface area contributed by atoms with Crippen molar-refractivity contribution in [3.05, 3.63) is 36.0 Å². The van der Waals surface area contributed by atoms with E-state index < -0.39 is 18.0 Å². The molecule has 3 atom stereocenters. The van der Waals surface area contributed by atoms with Crippen LogP contribution in [0.1, 0.15) is 58.1 Å². The Labute approximate surface area is 230 Å². The van der Waals surface area contributed by atoms with Crippen molar-refractivity contribution in [1.82, 2.24) is 19.3 Å². The third-order valence-corrected chi connectivity index (χ3v) is 8.27. The number of hydrogen-bond acceptors (Lipinski definition) is 5. The summed E-state index contributed by atoms with van der Waals surface area (Å²) in [6.07, 6.45) is 4.68. The van der Waals surface area contributed by atoms with Gasteiger partial charge in [0.05, 0.1) is 19.0 Å². The highest BCUT2D eigenvalue weighted by Gasteiger charge is 2.38. The maximum Gasteiger partial charge on any atom is 0.245 e. The van der Waals surface area contributed by atoms with Crippen molar-refractivity contribution in [3.8, 4) is 0 Å². The first-order valence-electron chi connectivity index (χ1n) is 14.2. The monoisotopic (exact) mass is 538 g/mol. The van der Waals surface area contributed by atoms with E-state index in [4.69, 9.17) is 11.5 Å². The second-order valence-electron chi connectivity index (χ2n) is 10.7. The first kappa shape index (κ1) is 28.6. The van der Waals surface area contributed by atoms with Gasteiger partial charge >= 0.3 is 0 Å². The standard InChI is InChI=1S/C29H42N6O4/c1-3-33-22(17-20-9-5-6-11-24(20)33)14-13-21-10-7-16-35(21)27(37)19-32-15-8-12-25(29(32)39)34(4-2)26(36)18-23(30)28(31)38/h5-6,9,11,17,21,23,25H,3-4,7-8,10,12-16,18-19,30H2,1-2H3,(H2,31,38)/t21-,23-,25+/m0/s1. The van der Waals surface area contributed by atoms with E-state index in [1.54, 1.807) is 11.8 Å². The molecule has 2 saturated heterocycles. The predicted molar refractivity (Wildman–Crippen MR) is 149 cm³/mol. The number of carbonyl (C=O) groups excluding carboxylic acids is 4. The molecule has 10 nitrogen and oxygen atoms in total. The lowest BCUT2D eigenvalue weighted by Crippen LogP contribution is -2.57. The summed E-state index contributed by atoms with van der Waals surface area (Å²) in [6.45, 7) is 6.37. The van der Waals surface area contributed by atoms with Gasteiger partial charge in [-0.2, -0.15) is 0 Å².